The highest BCUT2D eigenvalue weighted by Crippen LogP contribution is 2.35. The molecule has 0 amide bonds. The molecule has 4 nitrogen and oxygen atoms in total. The molecule has 0 spiro atoms. The normalized spacial score (nSPS) is 9.83. The molecule has 0 radical (unpaired) electrons. The quantitative estimate of drug-likeness (QED) is 0.542. The summed E-state index contributed by atoms with van der Waals surface area (Å²) in [5, 5.41) is 19.2. The molecular formula is C7H6ClNO3. The molecule has 0 heterocycles. The Morgan fingerprint density at radius 2 is 2.17 bits per heavy atom. The first-order chi connectivity index (χ1) is 5.54. The van der Waals surface area contributed by atoms with Gasteiger partial charge in [0, 0.05) is 5.56 Å². The van der Waals surface area contributed by atoms with Gasteiger partial charge in [-0.3, -0.25) is 10.1 Å². The maximum Gasteiger partial charge on any atom is 0.294 e. The van der Waals surface area contributed by atoms with E-state index in [2.05, 4.69) is 0 Å². The number of phenolic OH excluding ortho intramolecular Hbond substituents is 1. The predicted molar refractivity (Wildman–Crippen MR) is 44.5 cm³/mol. The number of nitro benzene ring substituents is 1. The van der Waals surface area contributed by atoms with Crippen molar-refractivity contribution < 1.29 is 10.0 Å². The summed E-state index contributed by atoms with van der Waals surface area (Å²) >= 11 is 5.50. The Morgan fingerprint density at radius 1 is 1.58 bits per heavy atom. The summed E-state index contributed by atoms with van der Waals surface area (Å²) in [6.07, 6.45) is 0. The van der Waals surface area contributed by atoms with Crippen molar-refractivity contribution in [2.45, 2.75) is 6.92 Å². The van der Waals surface area contributed by atoms with Crippen LogP contribution in [-0.4, -0.2) is 10.0 Å². The molecule has 0 aromatic heterocycles. The lowest BCUT2D eigenvalue weighted by molar-refractivity contribution is -0.385. The third-order valence-electron chi connectivity index (χ3n) is 1.48. The number of halogens is 1. The first kappa shape index (κ1) is 8.80. The molecule has 12 heavy (non-hydrogen) atoms. The first-order valence-electron chi connectivity index (χ1n) is 3.16. The van der Waals surface area contributed by atoms with Crippen LogP contribution in [0.25, 0.3) is 0 Å². The van der Waals surface area contributed by atoms with E-state index in [0.29, 0.717) is 5.56 Å². The van der Waals surface area contributed by atoms with Crippen LogP contribution < -0.4 is 0 Å². The lowest BCUT2D eigenvalue weighted by Gasteiger charge is -2.00. The van der Waals surface area contributed by atoms with Crippen LogP contribution >= 0.6 is 11.6 Å². The maximum atomic E-state index is 10.4. The summed E-state index contributed by atoms with van der Waals surface area (Å²) in [4.78, 5) is 9.79. The van der Waals surface area contributed by atoms with Crippen molar-refractivity contribution in [3.05, 3.63) is 32.8 Å². The molecule has 64 valence electrons. The van der Waals surface area contributed by atoms with E-state index >= 15 is 0 Å². The highest BCUT2D eigenvalue weighted by atomic mass is 35.5. The molecule has 1 aromatic carbocycles. The van der Waals surface area contributed by atoms with Crippen molar-refractivity contribution >= 4 is 17.3 Å². The summed E-state index contributed by atoms with van der Waals surface area (Å²) in [5.41, 5.74) is 0.194. The monoisotopic (exact) mass is 187 g/mol. The molecule has 5 heteroatoms. The number of nitrogens with zero attached hydrogens (tertiary/aromatic N) is 1. The number of aryl methyl sites for hydroxylation is 1. The average molecular weight is 188 g/mol. The molecule has 0 bridgehead atoms. The number of benzene rings is 1. The van der Waals surface area contributed by atoms with Crippen molar-refractivity contribution in [2.75, 3.05) is 0 Å². The van der Waals surface area contributed by atoms with Crippen molar-refractivity contribution in [2.24, 2.45) is 0 Å². The second-order valence-electron chi connectivity index (χ2n) is 2.32. The van der Waals surface area contributed by atoms with Crippen molar-refractivity contribution in [1.82, 2.24) is 0 Å². The zero-order chi connectivity index (χ0) is 9.30. The largest absolute Gasteiger partial charge is 0.506 e. The van der Waals surface area contributed by atoms with E-state index in [1.165, 1.54) is 12.1 Å². The van der Waals surface area contributed by atoms with Gasteiger partial charge < -0.3 is 5.11 Å². The Kier molecular flexibility index (Phi) is 2.19. The predicted octanol–water partition coefficient (Wildman–Crippen LogP) is 2.26. The minimum absolute atomic E-state index is 0.208. The number of rotatable bonds is 1. The van der Waals surface area contributed by atoms with Gasteiger partial charge in [0.25, 0.3) is 5.69 Å². The van der Waals surface area contributed by atoms with Crippen molar-refractivity contribution in [3.8, 4) is 5.75 Å². The highest BCUT2D eigenvalue weighted by Gasteiger charge is 2.18. The van der Waals surface area contributed by atoms with E-state index in [4.69, 9.17) is 16.7 Å². The van der Waals surface area contributed by atoms with Crippen LogP contribution in [0.1, 0.15) is 5.56 Å². The van der Waals surface area contributed by atoms with Gasteiger partial charge in [-0.05, 0) is 19.1 Å². The standard InChI is InChI=1S/C7H6ClNO3/c1-4-2-3-5(10)6(8)7(4)9(11)12/h2-3,10H,1H3. The van der Waals surface area contributed by atoms with Gasteiger partial charge in [-0.25, -0.2) is 0 Å². The SMILES string of the molecule is Cc1ccc(O)c(Cl)c1[N+](=O)[O-]. The van der Waals surface area contributed by atoms with Crippen LogP contribution in [-0.2, 0) is 0 Å². The Hall–Kier alpha value is -1.29. The van der Waals surface area contributed by atoms with Crippen LogP contribution in [0.3, 0.4) is 0 Å². The summed E-state index contributed by atoms with van der Waals surface area (Å²) in [6.45, 7) is 1.56. The number of nitro groups is 1. The molecule has 1 aromatic rings. The Morgan fingerprint density at radius 3 is 2.58 bits per heavy atom. The van der Waals surface area contributed by atoms with Crippen LogP contribution in [0.4, 0.5) is 5.69 Å². The number of hydrogen-bond acceptors (Lipinski definition) is 3. The van der Waals surface area contributed by atoms with Crippen molar-refractivity contribution in [1.29, 1.82) is 0 Å². The van der Waals surface area contributed by atoms with E-state index in [9.17, 15) is 10.1 Å². The molecule has 1 rings (SSSR count). The maximum absolute atomic E-state index is 10.4. The Balaban J connectivity index is 3.43. The van der Waals surface area contributed by atoms with Crippen molar-refractivity contribution in [3.63, 3.8) is 0 Å². The number of aromatic hydroxyl groups is 1. The fourth-order valence-electron chi connectivity index (χ4n) is 0.875. The van der Waals surface area contributed by atoms with E-state index in [1.807, 2.05) is 0 Å². The fraction of sp³-hybridized carbons (Fsp3) is 0.143. The second-order valence-corrected chi connectivity index (χ2v) is 2.70. The minimum atomic E-state index is -0.614. The summed E-state index contributed by atoms with van der Waals surface area (Å²) in [6, 6.07) is 2.77. The van der Waals surface area contributed by atoms with Gasteiger partial charge in [-0.1, -0.05) is 11.6 Å². The van der Waals surface area contributed by atoms with Gasteiger partial charge in [0.05, 0.1) is 4.92 Å². The van der Waals surface area contributed by atoms with E-state index in [-0.39, 0.29) is 16.5 Å². The fourth-order valence-corrected chi connectivity index (χ4v) is 1.16. The molecule has 0 fully saturated rings. The van der Waals surface area contributed by atoms with Gasteiger partial charge in [0.2, 0.25) is 0 Å². The molecule has 1 N–H and O–H groups in total. The Bertz CT molecular complexity index is 338. The van der Waals surface area contributed by atoms with Crippen LogP contribution in [0.5, 0.6) is 5.75 Å². The van der Waals surface area contributed by atoms with Crippen LogP contribution in [0.15, 0.2) is 12.1 Å². The number of phenols is 1. The van der Waals surface area contributed by atoms with Gasteiger partial charge in [0.1, 0.15) is 5.75 Å². The smallest absolute Gasteiger partial charge is 0.294 e. The second kappa shape index (κ2) is 2.98. The third-order valence-corrected chi connectivity index (χ3v) is 1.85. The van der Waals surface area contributed by atoms with Gasteiger partial charge in [0.15, 0.2) is 5.02 Å². The highest BCUT2D eigenvalue weighted by molar-refractivity contribution is 6.34. The zero-order valence-electron chi connectivity index (χ0n) is 6.24. The summed E-state index contributed by atoms with van der Waals surface area (Å²) in [5.74, 6) is -0.269. The summed E-state index contributed by atoms with van der Waals surface area (Å²) < 4.78 is 0. The zero-order valence-corrected chi connectivity index (χ0v) is 7.00. The van der Waals surface area contributed by atoms with Gasteiger partial charge in [-0.15, -0.1) is 0 Å². The van der Waals surface area contributed by atoms with E-state index < -0.39 is 4.92 Å². The molecule has 0 saturated carbocycles. The van der Waals surface area contributed by atoms with E-state index in [1.54, 1.807) is 6.92 Å². The first-order valence-corrected chi connectivity index (χ1v) is 3.54. The Labute approximate surface area is 73.5 Å². The van der Waals surface area contributed by atoms with Crippen LogP contribution in [0.2, 0.25) is 5.02 Å². The van der Waals surface area contributed by atoms with Gasteiger partial charge in [-0.2, -0.15) is 0 Å². The molecule has 0 aliphatic carbocycles. The molecular weight excluding hydrogens is 182 g/mol. The number of hydrogen-bond donors (Lipinski definition) is 1. The molecule has 0 aliphatic rings. The van der Waals surface area contributed by atoms with Crippen LogP contribution in [0, 0.1) is 17.0 Å². The van der Waals surface area contributed by atoms with E-state index in [0.717, 1.165) is 0 Å². The van der Waals surface area contributed by atoms with Gasteiger partial charge >= 0.3 is 0 Å². The molecule has 0 unspecified atom stereocenters. The topological polar surface area (TPSA) is 63.4 Å². The minimum Gasteiger partial charge on any atom is -0.506 e. The lowest BCUT2D eigenvalue weighted by Crippen LogP contribution is -1.92. The summed E-state index contributed by atoms with van der Waals surface area (Å²) in [7, 11) is 0. The lowest BCUT2D eigenvalue weighted by atomic mass is 10.2. The third kappa shape index (κ3) is 1.33. The molecule has 0 aliphatic heterocycles. The molecule has 0 saturated heterocycles. The molecule has 0 atom stereocenters. The average Bonchev–Trinajstić information content (AvgIpc) is 1.97.